The lowest BCUT2D eigenvalue weighted by Gasteiger charge is -2.17. The molecule has 1 N–H and O–H groups in total. The summed E-state index contributed by atoms with van der Waals surface area (Å²) in [7, 11) is 1.76. The first-order chi connectivity index (χ1) is 19.2. The number of anilines is 2. The predicted molar refractivity (Wildman–Crippen MR) is 151 cm³/mol. The van der Waals surface area contributed by atoms with Crippen molar-refractivity contribution in [3.05, 3.63) is 87.8 Å². The van der Waals surface area contributed by atoms with Gasteiger partial charge in [0, 0.05) is 18.5 Å². The van der Waals surface area contributed by atoms with Crippen LogP contribution < -0.4 is 15.0 Å². The Labute approximate surface area is 237 Å². The first-order valence-electron chi connectivity index (χ1n) is 12.1. The Morgan fingerprint density at radius 3 is 2.55 bits per heavy atom. The van der Waals surface area contributed by atoms with Crippen molar-refractivity contribution in [3.63, 3.8) is 0 Å². The normalized spacial score (nSPS) is 17.8. The van der Waals surface area contributed by atoms with E-state index in [1.165, 1.54) is 41.7 Å². The summed E-state index contributed by atoms with van der Waals surface area (Å²) in [6.45, 7) is 2.85. The summed E-state index contributed by atoms with van der Waals surface area (Å²) >= 11 is 2.39. The number of hydrogen-bond acceptors (Lipinski definition) is 8. The van der Waals surface area contributed by atoms with E-state index in [2.05, 4.69) is 16.1 Å². The van der Waals surface area contributed by atoms with Gasteiger partial charge < -0.3 is 15.0 Å². The lowest BCUT2D eigenvalue weighted by molar-refractivity contribution is -0.274. The summed E-state index contributed by atoms with van der Waals surface area (Å²) in [6, 6.07) is 20.8. The average molecular weight is 582 g/mol. The van der Waals surface area contributed by atoms with Crippen LogP contribution in [0.1, 0.15) is 18.1 Å². The van der Waals surface area contributed by atoms with Crippen LogP contribution >= 0.6 is 23.5 Å². The van der Waals surface area contributed by atoms with Gasteiger partial charge in [0.1, 0.15) is 10.7 Å². The van der Waals surface area contributed by atoms with Crippen molar-refractivity contribution < 1.29 is 22.7 Å². The van der Waals surface area contributed by atoms with E-state index in [1.807, 2.05) is 37.3 Å². The second-order valence-electron chi connectivity index (χ2n) is 8.72. The second kappa shape index (κ2) is 11.2. The summed E-state index contributed by atoms with van der Waals surface area (Å²) in [4.78, 5) is 23.0. The highest BCUT2D eigenvalue weighted by Crippen LogP contribution is 2.51. The summed E-state index contributed by atoms with van der Waals surface area (Å²) in [5, 5.41) is 13.7. The van der Waals surface area contributed by atoms with Crippen LogP contribution in [0, 0.1) is 11.3 Å². The molecule has 3 aromatic carbocycles. The molecule has 1 fully saturated rings. The molecule has 0 aliphatic carbocycles. The van der Waals surface area contributed by atoms with Gasteiger partial charge in [-0.3, -0.25) is 9.69 Å². The highest BCUT2D eigenvalue weighted by molar-refractivity contribution is 8.19. The number of fused-ring (bicyclic) bond motifs is 1. The van der Waals surface area contributed by atoms with Gasteiger partial charge in [-0.05, 0) is 60.6 Å². The molecule has 0 saturated carbocycles. The number of nitriles is 1. The molecule has 204 valence electrons. The highest BCUT2D eigenvalue weighted by atomic mass is 32.2. The molecule has 1 amide bonds. The molecule has 0 radical (unpaired) electrons. The number of thioether (sulfide) groups is 2. The number of alkyl halides is 3. The fourth-order valence-electron chi connectivity index (χ4n) is 4.19. The Bertz CT molecular complexity index is 1570. The molecule has 0 spiro atoms. The molecule has 0 bridgehead atoms. The maximum atomic E-state index is 13.9. The highest BCUT2D eigenvalue weighted by Gasteiger charge is 2.40. The molecule has 2 aliphatic rings. The lowest BCUT2D eigenvalue weighted by atomic mass is 10.2. The van der Waals surface area contributed by atoms with Crippen molar-refractivity contribution in [1.29, 1.82) is 5.26 Å². The van der Waals surface area contributed by atoms with Gasteiger partial charge in [0.05, 0.1) is 40.3 Å². The Morgan fingerprint density at radius 2 is 1.85 bits per heavy atom. The summed E-state index contributed by atoms with van der Waals surface area (Å²) in [5.74, 6) is -0.604. The van der Waals surface area contributed by atoms with E-state index >= 15 is 0 Å². The zero-order valence-corrected chi connectivity index (χ0v) is 23.0. The van der Waals surface area contributed by atoms with E-state index in [9.17, 15) is 23.2 Å². The van der Waals surface area contributed by atoms with Crippen LogP contribution in [-0.4, -0.2) is 35.9 Å². The van der Waals surface area contributed by atoms with Crippen molar-refractivity contribution in [2.24, 2.45) is 4.99 Å². The van der Waals surface area contributed by atoms with Gasteiger partial charge in [-0.25, -0.2) is 4.99 Å². The molecule has 3 aromatic rings. The third kappa shape index (κ3) is 5.76. The third-order valence-electron chi connectivity index (χ3n) is 5.99. The Hall–Kier alpha value is -4.08. The molecule has 12 heteroatoms. The maximum Gasteiger partial charge on any atom is 0.573 e. The van der Waals surface area contributed by atoms with Gasteiger partial charge in [0.2, 0.25) is 0 Å². The second-order valence-corrected chi connectivity index (χ2v) is 10.7. The number of aliphatic imine (C=N–C) groups is 1. The zero-order chi connectivity index (χ0) is 28.4. The van der Waals surface area contributed by atoms with E-state index in [0.717, 1.165) is 11.3 Å². The number of rotatable bonds is 6. The number of benzene rings is 3. The van der Waals surface area contributed by atoms with E-state index in [4.69, 9.17) is 4.99 Å². The van der Waals surface area contributed by atoms with Gasteiger partial charge in [-0.2, -0.15) is 5.26 Å². The Morgan fingerprint density at radius 1 is 1.07 bits per heavy atom. The molecule has 5 rings (SSSR count). The number of halogens is 3. The number of carbonyl (C=O) groups is 1. The molecule has 0 atom stereocenters. The van der Waals surface area contributed by atoms with E-state index < -0.39 is 6.36 Å². The number of amidine groups is 1. The minimum absolute atomic E-state index is 0.266. The minimum atomic E-state index is -4.81. The van der Waals surface area contributed by atoms with Crippen LogP contribution in [0.4, 0.5) is 30.2 Å². The molecule has 2 heterocycles. The lowest BCUT2D eigenvalue weighted by Crippen LogP contribution is -2.29. The molecular weight excluding hydrogens is 559 g/mol. The molecular formula is C28H22F3N5O2S2. The molecule has 1 saturated heterocycles. The van der Waals surface area contributed by atoms with Crippen LogP contribution in [0.25, 0.3) is 0 Å². The minimum Gasteiger partial charge on any atom is -0.406 e. The van der Waals surface area contributed by atoms with E-state index in [-0.39, 0.29) is 18.2 Å². The number of nitrogens with zero attached hydrogens (tertiary/aromatic N) is 4. The topological polar surface area (TPSA) is 81.0 Å². The molecule has 2 aliphatic heterocycles. The first kappa shape index (κ1) is 27.5. The third-order valence-corrected chi connectivity index (χ3v) is 8.40. The SMILES string of the molecule is CCNc1ccc(C#N)cc1N=C1SC(=C2Sc3cc(OC(F)(F)F)ccc3N2C)C(=O)N1Cc1ccccc1. The summed E-state index contributed by atoms with van der Waals surface area (Å²) in [5.41, 5.74) is 3.23. The predicted octanol–water partition coefficient (Wildman–Crippen LogP) is 7.06. The molecule has 40 heavy (non-hydrogen) atoms. The summed E-state index contributed by atoms with van der Waals surface area (Å²) in [6.07, 6.45) is -4.81. The van der Waals surface area contributed by atoms with Crippen molar-refractivity contribution in [2.45, 2.75) is 24.7 Å². The molecule has 7 nitrogen and oxygen atoms in total. The van der Waals surface area contributed by atoms with E-state index in [1.54, 1.807) is 35.0 Å². The van der Waals surface area contributed by atoms with Gasteiger partial charge in [-0.15, -0.1) is 13.2 Å². The first-order valence-corrected chi connectivity index (χ1v) is 13.8. The van der Waals surface area contributed by atoms with Crippen LogP contribution in [-0.2, 0) is 11.3 Å². The number of carbonyl (C=O) groups excluding carboxylic acids is 1. The van der Waals surface area contributed by atoms with Gasteiger partial charge in [-0.1, -0.05) is 42.1 Å². The van der Waals surface area contributed by atoms with Gasteiger partial charge >= 0.3 is 6.36 Å². The maximum absolute atomic E-state index is 13.9. The average Bonchev–Trinajstić information content (AvgIpc) is 3.40. The van der Waals surface area contributed by atoms with Crippen LogP contribution in [0.3, 0.4) is 0 Å². The number of hydrogen-bond donors (Lipinski definition) is 1. The monoisotopic (exact) mass is 581 g/mol. The van der Waals surface area contributed by atoms with Crippen LogP contribution in [0.15, 0.2) is 86.6 Å². The smallest absolute Gasteiger partial charge is 0.406 e. The van der Waals surface area contributed by atoms with E-state index in [0.29, 0.717) is 43.5 Å². The fraction of sp³-hybridized carbons (Fsp3) is 0.179. The Balaban J connectivity index is 1.56. The zero-order valence-electron chi connectivity index (χ0n) is 21.3. The largest absolute Gasteiger partial charge is 0.573 e. The van der Waals surface area contributed by atoms with Crippen LogP contribution in [0.2, 0.25) is 0 Å². The summed E-state index contributed by atoms with van der Waals surface area (Å²) < 4.78 is 42.4. The fourth-order valence-corrected chi connectivity index (χ4v) is 6.56. The number of ether oxygens (including phenoxy) is 1. The number of amides is 1. The van der Waals surface area contributed by atoms with Crippen molar-refractivity contribution in [1.82, 2.24) is 4.90 Å². The Kier molecular flexibility index (Phi) is 7.69. The van der Waals surface area contributed by atoms with Crippen molar-refractivity contribution >= 4 is 51.7 Å². The van der Waals surface area contributed by atoms with Gasteiger partial charge in [0.25, 0.3) is 5.91 Å². The molecule has 0 unspecified atom stereocenters. The quantitative estimate of drug-likeness (QED) is 0.312. The van der Waals surface area contributed by atoms with Crippen LogP contribution in [0.5, 0.6) is 5.75 Å². The van der Waals surface area contributed by atoms with Crippen molar-refractivity contribution in [3.8, 4) is 11.8 Å². The van der Waals surface area contributed by atoms with Crippen molar-refractivity contribution in [2.75, 3.05) is 23.8 Å². The van der Waals surface area contributed by atoms with Gasteiger partial charge in [0.15, 0.2) is 5.17 Å². The molecule has 0 aromatic heterocycles. The number of nitrogens with one attached hydrogen (secondary N) is 1. The standard InChI is InChI=1S/C28H22F3N5O2S2/c1-3-33-20-11-9-18(15-32)13-21(20)34-27-36(16-17-7-5-4-6-8-17)25(37)24(40-27)26-35(2)22-12-10-19(14-23(22)39-26)38-28(29,30)31/h4-14,33H,3,16H2,1-2H3.